The van der Waals surface area contributed by atoms with E-state index in [1.165, 1.54) is 0 Å². The SMILES string of the molecule is CSCC[C@H](NC(=O)N1CC(C)N(C)C(C)C1)C(=O)O. The smallest absolute Gasteiger partial charge is 0.326 e. The molecule has 3 atom stereocenters. The molecule has 2 N–H and O–H groups in total. The van der Waals surface area contributed by atoms with E-state index in [-0.39, 0.29) is 18.1 Å². The number of likely N-dealkylation sites (N-methyl/N-ethyl adjacent to an activating group) is 1. The third-order valence-corrected chi connectivity index (χ3v) is 4.50. The number of aliphatic carboxylic acids is 1. The van der Waals surface area contributed by atoms with Crippen molar-refractivity contribution in [3.8, 4) is 0 Å². The van der Waals surface area contributed by atoms with E-state index in [0.717, 1.165) is 0 Å². The number of urea groups is 1. The summed E-state index contributed by atoms with van der Waals surface area (Å²) >= 11 is 1.58. The van der Waals surface area contributed by atoms with Crippen LogP contribution in [0.2, 0.25) is 0 Å². The van der Waals surface area contributed by atoms with E-state index in [4.69, 9.17) is 5.11 Å². The lowest BCUT2D eigenvalue weighted by molar-refractivity contribution is -0.139. The topological polar surface area (TPSA) is 72.9 Å². The number of hydrogen-bond donors (Lipinski definition) is 2. The summed E-state index contributed by atoms with van der Waals surface area (Å²) in [5.74, 6) is -0.255. The molecule has 1 saturated heterocycles. The molecule has 0 radical (unpaired) electrons. The number of carboxylic acids is 1. The van der Waals surface area contributed by atoms with Crippen LogP contribution in [0.25, 0.3) is 0 Å². The first kappa shape index (κ1) is 17.1. The predicted octanol–water partition coefficient (Wildman–Crippen LogP) is 0.927. The molecule has 6 nitrogen and oxygen atoms in total. The standard InChI is InChI=1S/C13H25N3O3S/c1-9-7-16(8-10(2)15(9)3)13(19)14-11(12(17)18)5-6-20-4/h9-11H,5-8H2,1-4H3,(H,14,19)(H,17,18)/t9?,10?,11-/m0/s1. The fourth-order valence-electron chi connectivity index (χ4n) is 2.30. The summed E-state index contributed by atoms with van der Waals surface area (Å²) in [5, 5.41) is 11.8. The summed E-state index contributed by atoms with van der Waals surface area (Å²) < 4.78 is 0. The summed E-state index contributed by atoms with van der Waals surface area (Å²) in [7, 11) is 2.04. The Labute approximate surface area is 124 Å². The Hall–Kier alpha value is -0.950. The fourth-order valence-corrected chi connectivity index (χ4v) is 2.78. The van der Waals surface area contributed by atoms with E-state index >= 15 is 0 Å². The number of carbonyl (C=O) groups excluding carboxylic acids is 1. The Morgan fingerprint density at radius 3 is 2.35 bits per heavy atom. The third-order valence-electron chi connectivity index (χ3n) is 3.85. The first-order chi connectivity index (χ1) is 9.36. The van der Waals surface area contributed by atoms with Crippen LogP contribution in [-0.2, 0) is 4.79 Å². The lowest BCUT2D eigenvalue weighted by Gasteiger charge is -2.42. The molecule has 116 valence electrons. The van der Waals surface area contributed by atoms with Crippen LogP contribution in [0.15, 0.2) is 0 Å². The molecule has 0 aromatic heterocycles. The molecule has 0 saturated carbocycles. The van der Waals surface area contributed by atoms with Gasteiger partial charge in [0.2, 0.25) is 0 Å². The van der Waals surface area contributed by atoms with E-state index in [0.29, 0.717) is 25.3 Å². The average Bonchev–Trinajstić information content (AvgIpc) is 2.39. The number of rotatable bonds is 5. The minimum atomic E-state index is -0.970. The summed E-state index contributed by atoms with van der Waals surface area (Å²) in [6.07, 6.45) is 2.37. The van der Waals surface area contributed by atoms with Crippen molar-refractivity contribution in [3.05, 3.63) is 0 Å². The molecule has 0 aliphatic carbocycles. The number of nitrogens with one attached hydrogen (secondary N) is 1. The van der Waals surface area contributed by atoms with Gasteiger partial charge in [0.1, 0.15) is 6.04 Å². The molecule has 2 amide bonds. The summed E-state index contributed by atoms with van der Waals surface area (Å²) in [5.41, 5.74) is 0. The van der Waals surface area contributed by atoms with E-state index in [1.807, 2.05) is 13.3 Å². The van der Waals surface area contributed by atoms with Crippen LogP contribution in [0, 0.1) is 0 Å². The van der Waals surface area contributed by atoms with Gasteiger partial charge in [0.05, 0.1) is 0 Å². The molecule has 1 fully saturated rings. The van der Waals surface area contributed by atoms with E-state index in [1.54, 1.807) is 16.7 Å². The summed E-state index contributed by atoms with van der Waals surface area (Å²) in [6.45, 7) is 5.39. The van der Waals surface area contributed by atoms with Crippen molar-refractivity contribution < 1.29 is 14.7 Å². The van der Waals surface area contributed by atoms with Crippen LogP contribution in [0.1, 0.15) is 20.3 Å². The zero-order valence-corrected chi connectivity index (χ0v) is 13.4. The molecule has 7 heteroatoms. The van der Waals surface area contributed by atoms with Crippen molar-refractivity contribution in [2.24, 2.45) is 0 Å². The highest BCUT2D eigenvalue weighted by Crippen LogP contribution is 2.13. The van der Waals surface area contributed by atoms with Gasteiger partial charge in [-0.2, -0.15) is 11.8 Å². The molecule has 20 heavy (non-hydrogen) atoms. The molecule has 0 aromatic carbocycles. The number of amides is 2. The molecule has 1 rings (SSSR count). The molecule has 1 aliphatic heterocycles. The average molecular weight is 303 g/mol. The molecule has 1 heterocycles. The Morgan fingerprint density at radius 1 is 1.35 bits per heavy atom. The quantitative estimate of drug-likeness (QED) is 0.790. The van der Waals surface area contributed by atoms with Gasteiger partial charge in [-0.15, -0.1) is 0 Å². The first-order valence-corrected chi connectivity index (χ1v) is 8.25. The van der Waals surface area contributed by atoms with Crippen molar-refractivity contribution >= 4 is 23.8 Å². The fraction of sp³-hybridized carbons (Fsp3) is 0.846. The van der Waals surface area contributed by atoms with Gasteiger partial charge in [0.25, 0.3) is 0 Å². The molecule has 1 aliphatic rings. The van der Waals surface area contributed by atoms with Crippen LogP contribution in [0.3, 0.4) is 0 Å². The minimum Gasteiger partial charge on any atom is -0.480 e. The van der Waals surface area contributed by atoms with Crippen LogP contribution in [0.4, 0.5) is 4.79 Å². The van der Waals surface area contributed by atoms with Crippen molar-refractivity contribution in [3.63, 3.8) is 0 Å². The lowest BCUT2D eigenvalue weighted by atomic mass is 10.1. The molecular formula is C13H25N3O3S. The van der Waals surface area contributed by atoms with Gasteiger partial charge in [0.15, 0.2) is 0 Å². The summed E-state index contributed by atoms with van der Waals surface area (Å²) in [6, 6.07) is -0.525. The van der Waals surface area contributed by atoms with Gasteiger partial charge >= 0.3 is 12.0 Å². The Bertz CT molecular complexity index is 342. The van der Waals surface area contributed by atoms with Crippen LogP contribution in [0.5, 0.6) is 0 Å². The predicted molar refractivity (Wildman–Crippen MR) is 81.2 cm³/mol. The van der Waals surface area contributed by atoms with Crippen molar-refractivity contribution in [2.45, 2.75) is 38.4 Å². The molecule has 2 unspecified atom stereocenters. The van der Waals surface area contributed by atoms with Crippen molar-refractivity contribution in [1.82, 2.24) is 15.1 Å². The Kier molecular flexibility index (Phi) is 6.61. The molecule has 0 spiro atoms. The zero-order valence-electron chi connectivity index (χ0n) is 12.6. The number of carbonyl (C=O) groups is 2. The number of piperazine rings is 1. The highest BCUT2D eigenvalue weighted by atomic mass is 32.2. The zero-order chi connectivity index (χ0) is 15.3. The second-order valence-corrected chi connectivity index (χ2v) is 6.38. The van der Waals surface area contributed by atoms with Gasteiger partial charge < -0.3 is 15.3 Å². The maximum Gasteiger partial charge on any atom is 0.326 e. The van der Waals surface area contributed by atoms with Crippen LogP contribution in [-0.4, -0.2) is 77.2 Å². The van der Waals surface area contributed by atoms with Gasteiger partial charge in [-0.25, -0.2) is 9.59 Å². The minimum absolute atomic E-state index is 0.273. The highest BCUT2D eigenvalue weighted by Gasteiger charge is 2.31. The Morgan fingerprint density at radius 2 is 1.90 bits per heavy atom. The Balaban J connectivity index is 2.58. The number of thioether (sulfide) groups is 1. The van der Waals surface area contributed by atoms with Gasteiger partial charge in [0, 0.05) is 25.2 Å². The van der Waals surface area contributed by atoms with Gasteiger partial charge in [-0.05, 0) is 39.3 Å². The normalized spacial score (nSPS) is 25.3. The van der Waals surface area contributed by atoms with E-state index < -0.39 is 12.0 Å². The van der Waals surface area contributed by atoms with Crippen LogP contribution >= 0.6 is 11.8 Å². The second kappa shape index (κ2) is 7.73. The number of hydrogen-bond acceptors (Lipinski definition) is 4. The largest absolute Gasteiger partial charge is 0.480 e. The lowest BCUT2D eigenvalue weighted by Crippen LogP contribution is -2.59. The van der Waals surface area contributed by atoms with Crippen LogP contribution < -0.4 is 5.32 Å². The molecular weight excluding hydrogens is 278 g/mol. The van der Waals surface area contributed by atoms with Gasteiger partial charge in [-0.1, -0.05) is 0 Å². The maximum absolute atomic E-state index is 12.2. The summed E-state index contributed by atoms with van der Waals surface area (Å²) in [4.78, 5) is 27.3. The van der Waals surface area contributed by atoms with E-state index in [2.05, 4.69) is 24.1 Å². The third kappa shape index (κ3) is 4.56. The molecule has 0 aromatic rings. The van der Waals surface area contributed by atoms with Gasteiger partial charge in [-0.3, -0.25) is 4.90 Å². The second-order valence-electron chi connectivity index (χ2n) is 5.39. The number of nitrogens with zero attached hydrogens (tertiary/aromatic N) is 2. The van der Waals surface area contributed by atoms with E-state index in [9.17, 15) is 9.59 Å². The highest BCUT2D eigenvalue weighted by molar-refractivity contribution is 7.98. The maximum atomic E-state index is 12.2. The van der Waals surface area contributed by atoms with Crippen molar-refractivity contribution in [2.75, 3.05) is 32.1 Å². The van der Waals surface area contributed by atoms with Crippen molar-refractivity contribution in [1.29, 1.82) is 0 Å². The molecule has 0 bridgehead atoms. The monoisotopic (exact) mass is 303 g/mol. The first-order valence-electron chi connectivity index (χ1n) is 6.86. The number of carboxylic acid groups (broad SMARTS) is 1.